The monoisotopic (exact) mass is 598 g/mol. The summed E-state index contributed by atoms with van der Waals surface area (Å²) >= 11 is 6.10. The summed E-state index contributed by atoms with van der Waals surface area (Å²) in [6, 6.07) is 25.1. The maximum absolute atomic E-state index is 13.7. The zero-order valence-corrected chi connectivity index (χ0v) is 23.5. The van der Waals surface area contributed by atoms with Crippen LogP contribution in [0.4, 0.5) is 0 Å². The average molecular weight is 599 g/mol. The van der Waals surface area contributed by atoms with Gasteiger partial charge in [-0.05, 0) is 71.4 Å². The minimum Gasteiger partial charge on any atom is -0.485 e. The van der Waals surface area contributed by atoms with Gasteiger partial charge in [-0.15, -0.1) is 0 Å². The van der Waals surface area contributed by atoms with Gasteiger partial charge in [-0.1, -0.05) is 35.9 Å². The van der Waals surface area contributed by atoms with Crippen molar-refractivity contribution in [2.45, 2.75) is 11.5 Å². The molecule has 0 unspecified atom stereocenters. The van der Waals surface area contributed by atoms with E-state index >= 15 is 0 Å². The number of ketones is 1. The van der Waals surface area contributed by atoms with Gasteiger partial charge < -0.3 is 14.6 Å². The molecule has 2 heterocycles. The number of pyridine rings is 1. The number of aliphatic hydroxyl groups is 1. The number of hydrogen-bond acceptors (Lipinski definition) is 7. The van der Waals surface area contributed by atoms with Crippen LogP contribution in [0.3, 0.4) is 0 Å². The van der Waals surface area contributed by atoms with E-state index in [2.05, 4.69) is 4.98 Å². The predicted molar refractivity (Wildman–Crippen MR) is 160 cm³/mol. The molecule has 6 rings (SSSR count). The molecular formula is C32H23ClN2O6S. The molecule has 6 aromatic rings. The quantitative estimate of drug-likeness (QED) is 0.186. The molecule has 0 saturated carbocycles. The second kappa shape index (κ2) is 11.3. The van der Waals surface area contributed by atoms with Crippen molar-refractivity contribution in [1.82, 2.24) is 8.96 Å². The zero-order chi connectivity index (χ0) is 29.3. The summed E-state index contributed by atoms with van der Waals surface area (Å²) < 4.78 is 40.2. The van der Waals surface area contributed by atoms with Crippen molar-refractivity contribution in [2.75, 3.05) is 6.61 Å². The van der Waals surface area contributed by atoms with Gasteiger partial charge in [0.05, 0.1) is 23.2 Å². The molecule has 0 fully saturated rings. The first-order valence-corrected chi connectivity index (χ1v) is 14.7. The van der Waals surface area contributed by atoms with Crippen LogP contribution in [-0.4, -0.2) is 34.9 Å². The van der Waals surface area contributed by atoms with Gasteiger partial charge in [0.2, 0.25) is 5.78 Å². The van der Waals surface area contributed by atoms with Gasteiger partial charge >= 0.3 is 0 Å². The van der Waals surface area contributed by atoms with Gasteiger partial charge in [0.1, 0.15) is 17.2 Å². The molecule has 2 aromatic heterocycles. The molecule has 10 heteroatoms. The van der Waals surface area contributed by atoms with Crippen molar-refractivity contribution in [3.05, 3.63) is 126 Å². The number of Topliss-reactive ketones (excluding diaryl/α,β-unsaturated/α-hetero) is 1. The van der Waals surface area contributed by atoms with Gasteiger partial charge in [-0.3, -0.25) is 9.78 Å². The third-order valence-corrected chi connectivity index (χ3v) is 8.65. The Hall–Kier alpha value is -4.70. The SMILES string of the molecule is O=C(COc1cc2ccc(Cl)cc2cc1CO)c1cn(S(=O)(=O)c2ccccc2)c2cc(Oc3cccnc3)ccc12. The first-order chi connectivity index (χ1) is 20.3. The fourth-order valence-electron chi connectivity index (χ4n) is 4.69. The largest absolute Gasteiger partial charge is 0.485 e. The summed E-state index contributed by atoms with van der Waals surface area (Å²) in [6.07, 6.45) is 4.46. The Morgan fingerprint density at radius 1 is 0.905 bits per heavy atom. The summed E-state index contributed by atoms with van der Waals surface area (Å²) in [5, 5.41) is 12.5. The third-order valence-electron chi connectivity index (χ3n) is 6.72. The summed E-state index contributed by atoms with van der Waals surface area (Å²) in [5.41, 5.74) is 0.918. The van der Waals surface area contributed by atoms with E-state index in [1.54, 1.807) is 79.0 Å². The third kappa shape index (κ3) is 5.33. The van der Waals surface area contributed by atoms with E-state index in [1.807, 2.05) is 6.07 Å². The van der Waals surface area contributed by atoms with E-state index in [9.17, 15) is 18.3 Å². The van der Waals surface area contributed by atoms with Crippen molar-refractivity contribution >= 4 is 49.1 Å². The Kier molecular flexibility index (Phi) is 7.38. The van der Waals surface area contributed by atoms with Gasteiger partial charge in [-0.25, -0.2) is 12.4 Å². The number of aromatic nitrogens is 2. The molecule has 1 N–H and O–H groups in total. The molecule has 0 amide bonds. The normalized spacial score (nSPS) is 11.6. The Bertz CT molecular complexity index is 2040. The molecule has 0 saturated heterocycles. The molecule has 4 aromatic carbocycles. The first kappa shape index (κ1) is 27.5. The molecule has 0 radical (unpaired) electrons. The summed E-state index contributed by atoms with van der Waals surface area (Å²) in [7, 11) is -4.06. The van der Waals surface area contributed by atoms with Gasteiger partial charge in [-0.2, -0.15) is 0 Å². The lowest BCUT2D eigenvalue weighted by molar-refractivity contribution is 0.0921. The number of hydrogen-bond donors (Lipinski definition) is 1. The minimum atomic E-state index is -4.06. The maximum atomic E-state index is 13.7. The van der Waals surface area contributed by atoms with Crippen molar-refractivity contribution in [3.8, 4) is 17.2 Å². The highest BCUT2D eigenvalue weighted by atomic mass is 35.5. The number of carbonyl (C=O) groups is 1. The van der Waals surface area contributed by atoms with Crippen molar-refractivity contribution < 1.29 is 27.8 Å². The van der Waals surface area contributed by atoms with E-state index in [-0.39, 0.29) is 29.2 Å². The molecular weight excluding hydrogens is 576 g/mol. The van der Waals surface area contributed by atoms with E-state index in [4.69, 9.17) is 21.1 Å². The number of benzene rings is 4. The van der Waals surface area contributed by atoms with Gasteiger partial charge in [0.25, 0.3) is 10.0 Å². The predicted octanol–water partition coefficient (Wildman–Crippen LogP) is 6.63. The zero-order valence-electron chi connectivity index (χ0n) is 22.0. The fourth-order valence-corrected chi connectivity index (χ4v) is 6.25. The Morgan fingerprint density at radius 3 is 2.50 bits per heavy atom. The van der Waals surface area contributed by atoms with Crippen LogP contribution < -0.4 is 9.47 Å². The molecule has 0 atom stereocenters. The summed E-state index contributed by atoms with van der Waals surface area (Å²) in [6.45, 7) is -0.690. The van der Waals surface area contributed by atoms with Crippen LogP contribution in [0.1, 0.15) is 15.9 Å². The van der Waals surface area contributed by atoms with Crippen LogP contribution >= 0.6 is 11.6 Å². The second-order valence-electron chi connectivity index (χ2n) is 9.45. The molecule has 0 aliphatic carbocycles. The summed E-state index contributed by atoms with van der Waals surface area (Å²) in [5.74, 6) is 0.747. The van der Waals surface area contributed by atoms with E-state index < -0.39 is 15.8 Å². The summed E-state index contributed by atoms with van der Waals surface area (Å²) in [4.78, 5) is 17.6. The number of aliphatic hydroxyl groups excluding tert-OH is 1. The van der Waals surface area contributed by atoms with Crippen LogP contribution in [-0.2, 0) is 16.6 Å². The van der Waals surface area contributed by atoms with Crippen molar-refractivity contribution in [3.63, 3.8) is 0 Å². The second-order valence-corrected chi connectivity index (χ2v) is 11.7. The lowest BCUT2D eigenvalue weighted by Crippen LogP contribution is -2.14. The first-order valence-electron chi connectivity index (χ1n) is 12.9. The maximum Gasteiger partial charge on any atom is 0.268 e. The van der Waals surface area contributed by atoms with Crippen LogP contribution in [0.25, 0.3) is 21.7 Å². The molecule has 0 aliphatic heterocycles. The lowest BCUT2D eigenvalue weighted by atomic mass is 10.1. The smallest absolute Gasteiger partial charge is 0.268 e. The molecule has 210 valence electrons. The van der Waals surface area contributed by atoms with Crippen LogP contribution in [0.5, 0.6) is 17.2 Å². The highest BCUT2D eigenvalue weighted by Gasteiger charge is 2.25. The van der Waals surface area contributed by atoms with E-state index in [1.165, 1.54) is 24.5 Å². The number of nitrogens with zero attached hydrogens (tertiary/aromatic N) is 2. The van der Waals surface area contributed by atoms with E-state index in [0.29, 0.717) is 33.2 Å². The van der Waals surface area contributed by atoms with Crippen LogP contribution in [0, 0.1) is 0 Å². The highest BCUT2D eigenvalue weighted by molar-refractivity contribution is 7.90. The number of rotatable bonds is 9. The van der Waals surface area contributed by atoms with Crippen LogP contribution in [0.15, 0.2) is 114 Å². The Morgan fingerprint density at radius 2 is 1.74 bits per heavy atom. The van der Waals surface area contributed by atoms with Gasteiger partial charge in [0, 0.05) is 40.0 Å². The number of ether oxygens (including phenoxy) is 2. The standard InChI is InChI=1S/C32H23ClN2O6S/c33-24-9-8-21-15-32(23(19-36)13-22(21)14-24)40-20-31(37)29-18-35(42(38,39)27-6-2-1-3-7-27)30-16-25(10-11-28(29)30)41-26-5-4-12-34-17-26/h1-18,36H,19-20H2. The number of halogens is 1. The van der Waals surface area contributed by atoms with Crippen molar-refractivity contribution in [1.29, 1.82) is 0 Å². The number of fused-ring (bicyclic) bond motifs is 2. The number of carbonyl (C=O) groups excluding carboxylic acids is 1. The average Bonchev–Trinajstić information content (AvgIpc) is 3.40. The lowest BCUT2D eigenvalue weighted by Gasteiger charge is -2.11. The molecule has 0 spiro atoms. The Labute approximate surface area is 246 Å². The topological polar surface area (TPSA) is 108 Å². The van der Waals surface area contributed by atoms with Gasteiger partial charge in [0.15, 0.2) is 6.61 Å². The molecule has 0 aliphatic rings. The Balaban J connectivity index is 1.38. The van der Waals surface area contributed by atoms with E-state index in [0.717, 1.165) is 14.7 Å². The highest BCUT2D eigenvalue weighted by Crippen LogP contribution is 2.32. The minimum absolute atomic E-state index is 0.0691. The van der Waals surface area contributed by atoms with Crippen molar-refractivity contribution in [2.24, 2.45) is 0 Å². The van der Waals surface area contributed by atoms with Crippen LogP contribution in [0.2, 0.25) is 5.02 Å². The molecule has 42 heavy (non-hydrogen) atoms. The fraction of sp³-hybridized carbons (Fsp3) is 0.0625. The molecule has 0 bridgehead atoms. The molecule has 8 nitrogen and oxygen atoms in total.